The van der Waals surface area contributed by atoms with Crippen LogP contribution in [0.2, 0.25) is 0 Å². The number of esters is 1. The third-order valence-electron chi connectivity index (χ3n) is 3.10. The molecule has 1 aliphatic heterocycles. The third-order valence-corrected chi connectivity index (χ3v) is 3.10. The number of hydrogen-bond donors (Lipinski definition) is 1. The number of carbonyl (C=O) groups is 2. The number of carbonyl (C=O) groups excluding carboxylic acids is 2. The van der Waals surface area contributed by atoms with Crippen molar-refractivity contribution in [3.05, 3.63) is 35.4 Å². The van der Waals surface area contributed by atoms with E-state index in [1.54, 1.807) is 0 Å². The number of nitrogens with one attached hydrogen (secondary N) is 1. The quantitative estimate of drug-likeness (QED) is 0.819. The number of hydrogen-bond acceptors (Lipinski definition) is 3. The average Bonchev–Trinajstić information content (AvgIpc) is 2.71. The number of methoxy groups -OCH3 is 1. The second-order valence-corrected chi connectivity index (χ2v) is 4.32. The molecule has 1 fully saturated rings. The molecule has 1 N–H and O–H groups in total. The molecular weight excluding hydrogens is 232 g/mol. The van der Waals surface area contributed by atoms with Crippen LogP contribution >= 0.6 is 0 Å². The van der Waals surface area contributed by atoms with Crippen molar-refractivity contribution < 1.29 is 14.3 Å². The molecule has 5 nitrogen and oxygen atoms in total. The van der Waals surface area contributed by atoms with E-state index in [9.17, 15) is 9.59 Å². The van der Waals surface area contributed by atoms with Gasteiger partial charge in [0.2, 0.25) is 0 Å². The number of nitrogens with zero attached hydrogens (tertiary/aromatic N) is 1. The van der Waals surface area contributed by atoms with Gasteiger partial charge in [0.25, 0.3) is 0 Å². The predicted molar refractivity (Wildman–Crippen MR) is 66.0 cm³/mol. The lowest BCUT2D eigenvalue weighted by Crippen LogP contribution is -2.33. The Labute approximate surface area is 106 Å². The summed E-state index contributed by atoms with van der Waals surface area (Å²) < 4.78 is 4.56. The van der Waals surface area contributed by atoms with Gasteiger partial charge in [-0.3, -0.25) is 4.79 Å². The monoisotopic (exact) mass is 248 g/mol. The highest BCUT2D eigenvalue weighted by Gasteiger charge is 2.31. The lowest BCUT2D eigenvalue weighted by atomic mass is 10.0. The molecule has 0 radical (unpaired) electrons. The van der Waals surface area contributed by atoms with Crippen LogP contribution in [0.25, 0.3) is 0 Å². The summed E-state index contributed by atoms with van der Waals surface area (Å²) >= 11 is 0. The standard InChI is InChI=1S/C13H16N2O3/c1-9-5-3-4-6-10(9)11-7-15(13(17)14-11)8-12(16)18-2/h3-6,11H,7-8H2,1-2H3,(H,14,17). The van der Waals surface area contributed by atoms with E-state index in [4.69, 9.17) is 0 Å². The molecule has 18 heavy (non-hydrogen) atoms. The number of aryl methyl sites for hydroxylation is 1. The Kier molecular flexibility index (Phi) is 3.50. The molecule has 5 heteroatoms. The van der Waals surface area contributed by atoms with Gasteiger partial charge in [0, 0.05) is 6.54 Å². The number of benzene rings is 1. The van der Waals surface area contributed by atoms with Crippen LogP contribution < -0.4 is 5.32 Å². The first-order valence-corrected chi connectivity index (χ1v) is 5.79. The fourth-order valence-electron chi connectivity index (χ4n) is 2.10. The topological polar surface area (TPSA) is 58.6 Å². The molecular formula is C13H16N2O3. The molecule has 1 atom stereocenters. The minimum atomic E-state index is -0.407. The van der Waals surface area contributed by atoms with E-state index >= 15 is 0 Å². The second kappa shape index (κ2) is 5.08. The van der Waals surface area contributed by atoms with E-state index in [2.05, 4.69) is 10.1 Å². The molecule has 0 aliphatic carbocycles. The summed E-state index contributed by atoms with van der Waals surface area (Å²) in [5, 5.41) is 2.87. The van der Waals surface area contributed by atoms with E-state index in [1.807, 2.05) is 31.2 Å². The van der Waals surface area contributed by atoms with Crippen LogP contribution in [-0.4, -0.2) is 37.1 Å². The molecule has 1 saturated heterocycles. The number of urea groups is 1. The first-order chi connectivity index (χ1) is 8.61. The minimum Gasteiger partial charge on any atom is -0.468 e. The van der Waals surface area contributed by atoms with Gasteiger partial charge in [-0.1, -0.05) is 24.3 Å². The first-order valence-electron chi connectivity index (χ1n) is 5.79. The van der Waals surface area contributed by atoms with Crippen molar-refractivity contribution in [1.29, 1.82) is 0 Å². The smallest absolute Gasteiger partial charge is 0.325 e. The highest BCUT2D eigenvalue weighted by molar-refractivity contribution is 5.82. The maximum Gasteiger partial charge on any atom is 0.325 e. The van der Waals surface area contributed by atoms with Crippen molar-refractivity contribution in [3.63, 3.8) is 0 Å². The van der Waals surface area contributed by atoms with E-state index < -0.39 is 5.97 Å². The predicted octanol–water partition coefficient (Wildman–Crippen LogP) is 1.23. The molecule has 2 amide bonds. The van der Waals surface area contributed by atoms with E-state index in [0.717, 1.165) is 11.1 Å². The Bertz CT molecular complexity index is 473. The fourth-order valence-corrected chi connectivity index (χ4v) is 2.10. The highest BCUT2D eigenvalue weighted by atomic mass is 16.5. The van der Waals surface area contributed by atoms with Gasteiger partial charge < -0.3 is 15.0 Å². The summed E-state index contributed by atoms with van der Waals surface area (Å²) in [7, 11) is 1.31. The zero-order valence-corrected chi connectivity index (χ0v) is 10.5. The van der Waals surface area contributed by atoms with E-state index in [-0.39, 0.29) is 18.6 Å². The summed E-state index contributed by atoms with van der Waals surface area (Å²) in [5.74, 6) is -0.407. The van der Waals surface area contributed by atoms with Crippen molar-refractivity contribution in [2.75, 3.05) is 20.2 Å². The van der Waals surface area contributed by atoms with Gasteiger partial charge in [0.1, 0.15) is 6.54 Å². The van der Waals surface area contributed by atoms with Gasteiger partial charge in [0.15, 0.2) is 0 Å². The second-order valence-electron chi connectivity index (χ2n) is 4.32. The molecule has 0 bridgehead atoms. The Balaban J connectivity index is 2.09. The Morgan fingerprint density at radius 2 is 2.22 bits per heavy atom. The van der Waals surface area contributed by atoms with Crippen LogP contribution in [0.5, 0.6) is 0 Å². The number of amides is 2. The van der Waals surface area contributed by atoms with Gasteiger partial charge in [-0.25, -0.2) is 4.79 Å². The SMILES string of the molecule is COC(=O)CN1CC(c2ccccc2C)NC1=O. The van der Waals surface area contributed by atoms with Crippen molar-refractivity contribution in [2.24, 2.45) is 0 Å². The zero-order chi connectivity index (χ0) is 13.1. The van der Waals surface area contributed by atoms with Gasteiger partial charge in [-0.05, 0) is 18.1 Å². The van der Waals surface area contributed by atoms with E-state index in [0.29, 0.717) is 6.54 Å². The fraction of sp³-hybridized carbons (Fsp3) is 0.385. The molecule has 1 aliphatic rings. The summed E-state index contributed by atoms with van der Waals surface area (Å²) in [6, 6.07) is 7.60. The summed E-state index contributed by atoms with van der Waals surface area (Å²) in [4.78, 5) is 24.4. The van der Waals surface area contributed by atoms with Crippen LogP contribution in [0.4, 0.5) is 4.79 Å². The van der Waals surface area contributed by atoms with Crippen LogP contribution in [0.3, 0.4) is 0 Å². The molecule has 0 aromatic heterocycles. The normalized spacial score (nSPS) is 18.7. The molecule has 0 saturated carbocycles. The maximum atomic E-state index is 11.7. The average molecular weight is 248 g/mol. The van der Waals surface area contributed by atoms with E-state index in [1.165, 1.54) is 12.0 Å². The molecule has 1 aromatic rings. The minimum absolute atomic E-state index is 0.00921. The number of rotatable bonds is 3. The van der Waals surface area contributed by atoms with Crippen LogP contribution in [0, 0.1) is 6.92 Å². The molecule has 96 valence electrons. The number of ether oxygens (including phenoxy) is 1. The third kappa shape index (κ3) is 2.45. The summed E-state index contributed by atoms with van der Waals surface area (Å²) in [6.07, 6.45) is 0. The van der Waals surface area contributed by atoms with Gasteiger partial charge >= 0.3 is 12.0 Å². The lowest BCUT2D eigenvalue weighted by molar-refractivity contribution is -0.141. The molecule has 1 unspecified atom stereocenters. The summed E-state index contributed by atoms with van der Waals surface area (Å²) in [6.45, 7) is 2.48. The zero-order valence-electron chi connectivity index (χ0n) is 10.5. The van der Waals surface area contributed by atoms with Gasteiger partial charge in [0.05, 0.1) is 13.2 Å². The van der Waals surface area contributed by atoms with Crippen molar-refractivity contribution >= 4 is 12.0 Å². The molecule has 0 spiro atoms. The van der Waals surface area contributed by atoms with Crippen LogP contribution in [0.1, 0.15) is 17.2 Å². The van der Waals surface area contributed by atoms with Crippen molar-refractivity contribution in [3.8, 4) is 0 Å². The Hall–Kier alpha value is -2.04. The largest absolute Gasteiger partial charge is 0.468 e. The van der Waals surface area contributed by atoms with Gasteiger partial charge in [-0.15, -0.1) is 0 Å². The first kappa shape index (κ1) is 12.4. The highest BCUT2D eigenvalue weighted by Crippen LogP contribution is 2.22. The van der Waals surface area contributed by atoms with Crippen LogP contribution in [0.15, 0.2) is 24.3 Å². The molecule has 2 rings (SSSR count). The van der Waals surface area contributed by atoms with Crippen molar-refractivity contribution in [2.45, 2.75) is 13.0 Å². The molecule has 1 heterocycles. The maximum absolute atomic E-state index is 11.7. The van der Waals surface area contributed by atoms with Crippen LogP contribution in [-0.2, 0) is 9.53 Å². The van der Waals surface area contributed by atoms with Gasteiger partial charge in [-0.2, -0.15) is 0 Å². The Morgan fingerprint density at radius 1 is 1.50 bits per heavy atom. The lowest BCUT2D eigenvalue weighted by Gasteiger charge is -2.14. The van der Waals surface area contributed by atoms with Crippen molar-refractivity contribution in [1.82, 2.24) is 10.2 Å². The Morgan fingerprint density at radius 3 is 2.89 bits per heavy atom. The summed E-state index contributed by atoms with van der Waals surface area (Å²) in [5.41, 5.74) is 2.21. The molecule has 1 aromatic carbocycles.